The van der Waals surface area contributed by atoms with E-state index < -0.39 is 0 Å². The van der Waals surface area contributed by atoms with Gasteiger partial charge in [0.05, 0.1) is 5.36 Å². The van der Waals surface area contributed by atoms with E-state index in [4.69, 9.17) is 0 Å². The molecule has 0 N–H and O–H groups in total. The summed E-state index contributed by atoms with van der Waals surface area (Å²) in [5.41, 5.74) is 3.66. The maximum atomic E-state index is 4.49. The highest BCUT2D eigenvalue weighted by Gasteiger charge is 2.13. The van der Waals surface area contributed by atoms with Crippen molar-refractivity contribution >= 4 is 17.0 Å². The summed E-state index contributed by atoms with van der Waals surface area (Å²) >= 11 is 1.64. The van der Waals surface area contributed by atoms with Gasteiger partial charge in [-0.3, -0.25) is 0 Å². The third-order valence-corrected chi connectivity index (χ3v) is 3.51. The molecule has 2 nitrogen and oxygen atoms in total. The van der Waals surface area contributed by atoms with Crippen molar-refractivity contribution in [2.45, 2.75) is 13.8 Å². The molecule has 1 aromatic carbocycles. The number of hydrogen-bond acceptors (Lipinski definition) is 3. The van der Waals surface area contributed by atoms with Crippen LogP contribution in [0.4, 0.5) is 0 Å². The summed E-state index contributed by atoms with van der Waals surface area (Å²) in [6.07, 6.45) is 1.82. The summed E-state index contributed by atoms with van der Waals surface area (Å²) in [7, 11) is 0. The van der Waals surface area contributed by atoms with Gasteiger partial charge in [-0.2, -0.15) is 0 Å². The fraction of sp³-hybridized carbons (Fsp3) is 0.167. The fourth-order valence-electron chi connectivity index (χ4n) is 1.71. The number of hydrogen-bond donors (Lipinski definition) is 0. The molecule has 0 spiro atoms. The number of thiazole rings is 1. The van der Waals surface area contributed by atoms with Crippen LogP contribution in [0.5, 0.6) is 0 Å². The molecule has 0 unspecified atom stereocenters. The Morgan fingerprint density at radius 2 is 1.93 bits per heavy atom. The van der Waals surface area contributed by atoms with Gasteiger partial charge in [-0.05, 0) is 37.1 Å². The molecular weight excluding hydrogens is 204 g/mol. The minimum absolute atomic E-state index is 1.02. The van der Waals surface area contributed by atoms with Crippen LogP contribution in [0.25, 0.3) is 5.70 Å². The van der Waals surface area contributed by atoms with Crippen LogP contribution in [0.15, 0.2) is 28.7 Å². The molecule has 0 saturated carbocycles. The summed E-state index contributed by atoms with van der Waals surface area (Å²) < 4.78 is 0. The summed E-state index contributed by atoms with van der Waals surface area (Å²) in [5.74, 6) is 0. The normalized spacial score (nSPS) is 13.1. The zero-order chi connectivity index (χ0) is 10.4. The molecule has 0 saturated heterocycles. The first-order chi connectivity index (χ1) is 7.25. The molecule has 3 heteroatoms. The number of fused-ring (bicyclic) bond motifs is 1. The van der Waals surface area contributed by atoms with Crippen LogP contribution in [0.3, 0.4) is 0 Å². The van der Waals surface area contributed by atoms with E-state index in [2.05, 4.69) is 36.0 Å². The van der Waals surface area contributed by atoms with E-state index in [0.29, 0.717) is 0 Å². The number of aromatic nitrogens is 1. The van der Waals surface area contributed by atoms with Gasteiger partial charge in [-0.25, -0.2) is 9.98 Å². The highest BCUT2D eigenvalue weighted by atomic mass is 32.1. The lowest BCUT2D eigenvalue weighted by molar-refractivity contribution is 1.14. The molecule has 0 bridgehead atoms. The SMILES string of the molecule is Cc1cc2c(cc1C)=C(c1nccs1)N=2. The molecule has 1 aromatic heterocycles. The Hall–Kier alpha value is -1.48. The highest BCUT2D eigenvalue weighted by molar-refractivity contribution is 7.10. The van der Waals surface area contributed by atoms with Gasteiger partial charge < -0.3 is 0 Å². The molecule has 3 rings (SSSR count). The van der Waals surface area contributed by atoms with Gasteiger partial charge in [-0.15, -0.1) is 11.3 Å². The Bertz CT molecular complexity index is 639. The fourth-order valence-corrected chi connectivity index (χ4v) is 2.35. The van der Waals surface area contributed by atoms with Crippen molar-refractivity contribution in [2.75, 3.05) is 0 Å². The van der Waals surface area contributed by atoms with Gasteiger partial charge >= 0.3 is 0 Å². The van der Waals surface area contributed by atoms with Crippen molar-refractivity contribution in [3.8, 4) is 0 Å². The molecule has 0 radical (unpaired) electrons. The number of rotatable bonds is 1. The lowest BCUT2D eigenvalue weighted by atomic mass is 10.0. The third-order valence-electron chi connectivity index (χ3n) is 2.73. The van der Waals surface area contributed by atoms with E-state index >= 15 is 0 Å². The first-order valence-electron chi connectivity index (χ1n) is 4.86. The Kier molecular flexibility index (Phi) is 1.76. The van der Waals surface area contributed by atoms with Crippen LogP contribution in [0.1, 0.15) is 16.1 Å². The summed E-state index contributed by atoms with van der Waals surface area (Å²) in [6.45, 7) is 4.25. The molecule has 0 atom stereocenters. The first kappa shape index (κ1) is 8.80. The van der Waals surface area contributed by atoms with E-state index in [1.54, 1.807) is 11.3 Å². The molecule has 1 aliphatic rings. The van der Waals surface area contributed by atoms with Crippen molar-refractivity contribution in [2.24, 2.45) is 4.99 Å². The average Bonchev–Trinajstić information content (AvgIpc) is 2.70. The molecule has 2 heterocycles. The van der Waals surface area contributed by atoms with Crippen molar-refractivity contribution in [3.05, 3.63) is 50.4 Å². The van der Waals surface area contributed by atoms with Gasteiger partial charge in [0, 0.05) is 16.8 Å². The van der Waals surface area contributed by atoms with Gasteiger partial charge in [0.1, 0.15) is 10.7 Å². The van der Waals surface area contributed by atoms with Crippen LogP contribution in [-0.2, 0) is 0 Å². The summed E-state index contributed by atoms with van der Waals surface area (Å²) in [6, 6.07) is 4.34. The van der Waals surface area contributed by atoms with Crippen LogP contribution in [0.2, 0.25) is 0 Å². The predicted molar refractivity (Wildman–Crippen MR) is 61.3 cm³/mol. The van der Waals surface area contributed by atoms with E-state index in [9.17, 15) is 0 Å². The second-order valence-electron chi connectivity index (χ2n) is 3.75. The van der Waals surface area contributed by atoms with Crippen LogP contribution < -0.4 is 10.6 Å². The molecule has 1 aliphatic heterocycles. The predicted octanol–water partition coefficient (Wildman–Crippen LogP) is 1.55. The quantitative estimate of drug-likeness (QED) is 0.707. The standard InChI is InChI=1S/C12H10N2S/c1-7-5-9-10(6-8(7)2)14-11(9)12-13-3-4-15-12/h3-6H,1-2H3. The van der Waals surface area contributed by atoms with E-state index in [-0.39, 0.29) is 0 Å². The van der Waals surface area contributed by atoms with Crippen molar-refractivity contribution in [1.29, 1.82) is 0 Å². The van der Waals surface area contributed by atoms with E-state index in [1.165, 1.54) is 16.3 Å². The largest absolute Gasteiger partial charge is 0.244 e. The molecule has 2 aromatic rings. The number of aryl methyl sites for hydroxylation is 2. The first-order valence-corrected chi connectivity index (χ1v) is 5.74. The molecule has 15 heavy (non-hydrogen) atoms. The average molecular weight is 214 g/mol. The summed E-state index contributed by atoms with van der Waals surface area (Å²) in [4.78, 5) is 8.77. The van der Waals surface area contributed by atoms with Crippen LogP contribution in [0, 0.1) is 13.8 Å². The van der Waals surface area contributed by atoms with Crippen molar-refractivity contribution in [3.63, 3.8) is 0 Å². The van der Waals surface area contributed by atoms with Gasteiger partial charge in [0.2, 0.25) is 0 Å². The minimum Gasteiger partial charge on any atom is -0.244 e. The van der Waals surface area contributed by atoms with Gasteiger partial charge in [0.25, 0.3) is 0 Å². The van der Waals surface area contributed by atoms with Crippen LogP contribution in [-0.4, -0.2) is 4.98 Å². The van der Waals surface area contributed by atoms with E-state index in [1.807, 2.05) is 11.6 Å². The maximum Gasteiger partial charge on any atom is 0.142 e. The zero-order valence-corrected chi connectivity index (χ0v) is 9.43. The Morgan fingerprint density at radius 3 is 2.67 bits per heavy atom. The molecule has 0 aliphatic carbocycles. The number of benzene rings is 1. The minimum atomic E-state index is 1.02. The lowest BCUT2D eigenvalue weighted by Crippen LogP contribution is -2.35. The number of nitrogens with zero attached hydrogens (tertiary/aromatic N) is 2. The third kappa shape index (κ3) is 1.23. The van der Waals surface area contributed by atoms with Crippen molar-refractivity contribution in [1.82, 2.24) is 4.98 Å². The van der Waals surface area contributed by atoms with Gasteiger partial charge in [-0.1, -0.05) is 0 Å². The van der Waals surface area contributed by atoms with Crippen LogP contribution >= 0.6 is 11.3 Å². The summed E-state index contributed by atoms with van der Waals surface area (Å²) in [5, 5.41) is 5.35. The second-order valence-corrected chi connectivity index (χ2v) is 4.65. The Balaban J connectivity index is 2.28. The second kappa shape index (κ2) is 3.00. The molecule has 74 valence electrons. The lowest BCUT2D eigenvalue weighted by Gasteiger charge is -2.09. The van der Waals surface area contributed by atoms with E-state index in [0.717, 1.165) is 16.1 Å². The Morgan fingerprint density at radius 1 is 1.13 bits per heavy atom. The zero-order valence-electron chi connectivity index (χ0n) is 8.61. The van der Waals surface area contributed by atoms with Gasteiger partial charge in [0.15, 0.2) is 0 Å². The Labute approximate surface area is 91.6 Å². The molecular formula is C12H10N2S. The molecule has 0 amide bonds. The maximum absolute atomic E-state index is 4.49. The monoisotopic (exact) mass is 214 g/mol. The molecule has 0 fully saturated rings. The highest BCUT2D eigenvalue weighted by Crippen LogP contribution is 2.17. The smallest absolute Gasteiger partial charge is 0.142 e. The topological polar surface area (TPSA) is 25.2 Å². The van der Waals surface area contributed by atoms with Crippen molar-refractivity contribution < 1.29 is 0 Å².